The van der Waals surface area contributed by atoms with Gasteiger partial charge in [0.2, 0.25) is 5.76 Å². The molecular weight excluding hydrogens is 266 g/mol. The van der Waals surface area contributed by atoms with Crippen molar-refractivity contribution < 1.29 is 13.9 Å². The van der Waals surface area contributed by atoms with Crippen LogP contribution < -0.4 is 5.32 Å². The van der Waals surface area contributed by atoms with Crippen molar-refractivity contribution in [2.24, 2.45) is 0 Å². The van der Waals surface area contributed by atoms with Crippen molar-refractivity contribution in [2.45, 2.75) is 32.7 Å². The van der Waals surface area contributed by atoms with E-state index >= 15 is 0 Å². The number of carbonyl (C=O) groups excluding carboxylic acids is 1. The molecule has 2 rings (SSSR count). The molecule has 0 aliphatic rings. The molecule has 0 aliphatic heterocycles. The number of carbonyl (C=O) groups is 1. The molecule has 0 spiro atoms. The smallest absolute Gasteiger partial charge is 0.373 e. The molecular formula is C17H21NO3. The highest BCUT2D eigenvalue weighted by molar-refractivity contribution is 5.86. The molecule has 0 amide bonds. The minimum atomic E-state index is -0.461. The van der Waals surface area contributed by atoms with Crippen LogP contribution in [0.3, 0.4) is 0 Å². The Morgan fingerprint density at radius 2 is 1.95 bits per heavy atom. The van der Waals surface area contributed by atoms with Crippen molar-refractivity contribution in [3.8, 4) is 0 Å². The number of esters is 1. The molecule has 0 fully saturated rings. The van der Waals surface area contributed by atoms with Gasteiger partial charge in [0.15, 0.2) is 0 Å². The zero-order chi connectivity index (χ0) is 15.2. The number of rotatable bonds is 6. The van der Waals surface area contributed by atoms with Crippen LogP contribution in [0.25, 0.3) is 0 Å². The first kappa shape index (κ1) is 15.2. The molecule has 0 radical (unpaired) electrons. The Morgan fingerprint density at radius 3 is 2.57 bits per heavy atom. The summed E-state index contributed by atoms with van der Waals surface area (Å²) in [6.07, 6.45) is 2.24. The van der Waals surface area contributed by atoms with E-state index in [1.165, 1.54) is 12.7 Å². The largest absolute Gasteiger partial charge is 0.463 e. The molecule has 4 heteroatoms. The molecule has 0 aliphatic carbocycles. The summed E-state index contributed by atoms with van der Waals surface area (Å²) in [5, 5.41) is 3.35. The molecule has 1 heterocycles. The Kier molecular flexibility index (Phi) is 5.04. The molecule has 112 valence electrons. The van der Waals surface area contributed by atoms with Crippen molar-refractivity contribution in [1.82, 2.24) is 0 Å². The molecule has 1 N–H and O–H groups in total. The summed E-state index contributed by atoms with van der Waals surface area (Å²) >= 11 is 0. The van der Waals surface area contributed by atoms with Crippen molar-refractivity contribution in [1.29, 1.82) is 0 Å². The van der Waals surface area contributed by atoms with E-state index in [0.29, 0.717) is 5.76 Å². The van der Waals surface area contributed by atoms with E-state index in [4.69, 9.17) is 4.42 Å². The van der Waals surface area contributed by atoms with Crippen LogP contribution in [0.2, 0.25) is 0 Å². The van der Waals surface area contributed by atoms with Crippen LogP contribution in [-0.2, 0) is 11.2 Å². The van der Waals surface area contributed by atoms with E-state index in [-0.39, 0.29) is 11.8 Å². The van der Waals surface area contributed by atoms with Gasteiger partial charge in [0.1, 0.15) is 5.76 Å². The molecule has 1 aromatic carbocycles. The first-order valence-electron chi connectivity index (χ1n) is 7.17. The van der Waals surface area contributed by atoms with Crippen LogP contribution in [0.1, 0.15) is 48.2 Å². The predicted molar refractivity (Wildman–Crippen MR) is 82.5 cm³/mol. The predicted octanol–water partition coefficient (Wildman–Crippen LogP) is 4.19. The van der Waals surface area contributed by atoms with Crippen LogP contribution in [0.15, 0.2) is 40.8 Å². The van der Waals surface area contributed by atoms with E-state index in [0.717, 1.165) is 18.5 Å². The number of methoxy groups -OCH3 is 1. The Balaban J connectivity index is 2.01. The fourth-order valence-electron chi connectivity index (χ4n) is 2.17. The fourth-order valence-corrected chi connectivity index (χ4v) is 2.17. The molecule has 2 aromatic rings. The minimum absolute atomic E-state index is 0.0274. The third-order valence-electron chi connectivity index (χ3n) is 3.32. The van der Waals surface area contributed by atoms with Crippen LogP contribution in [0.4, 0.5) is 5.69 Å². The number of furan rings is 1. The van der Waals surface area contributed by atoms with Gasteiger partial charge in [0.25, 0.3) is 0 Å². The molecule has 1 unspecified atom stereocenters. The van der Waals surface area contributed by atoms with E-state index in [1.54, 1.807) is 12.1 Å². The number of benzene rings is 1. The molecule has 1 atom stereocenters. The summed E-state index contributed by atoms with van der Waals surface area (Å²) in [6.45, 7) is 4.16. The third kappa shape index (κ3) is 3.88. The van der Waals surface area contributed by atoms with Gasteiger partial charge in [-0.1, -0.05) is 25.5 Å². The maximum absolute atomic E-state index is 11.4. The summed E-state index contributed by atoms with van der Waals surface area (Å²) in [7, 11) is 1.34. The Hall–Kier alpha value is -2.23. The lowest BCUT2D eigenvalue weighted by Gasteiger charge is -2.13. The SMILES string of the molecule is CCCc1ccc(NC(C)c2ccc(C(=O)OC)o2)cc1. The van der Waals surface area contributed by atoms with Crippen molar-refractivity contribution in [3.05, 3.63) is 53.5 Å². The fraction of sp³-hybridized carbons (Fsp3) is 0.353. The van der Waals surface area contributed by atoms with Crippen LogP contribution >= 0.6 is 0 Å². The van der Waals surface area contributed by atoms with Gasteiger partial charge in [-0.3, -0.25) is 0 Å². The average molecular weight is 287 g/mol. The van der Waals surface area contributed by atoms with Gasteiger partial charge in [0, 0.05) is 5.69 Å². The molecule has 21 heavy (non-hydrogen) atoms. The summed E-state index contributed by atoms with van der Waals surface area (Å²) in [5.74, 6) is 0.463. The van der Waals surface area contributed by atoms with Crippen LogP contribution in [0.5, 0.6) is 0 Å². The maximum Gasteiger partial charge on any atom is 0.373 e. The van der Waals surface area contributed by atoms with Gasteiger partial charge in [0.05, 0.1) is 13.2 Å². The standard InChI is InChI=1S/C17H21NO3/c1-4-5-13-6-8-14(9-7-13)18-12(2)15-10-11-16(21-15)17(19)20-3/h6-12,18H,4-5H2,1-3H3. The zero-order valence-electron chi connectivity index (χ0n) is 12.7. The third-order valence-corrected chi connectivity index (χ3v) is 3.32. The number of aryl methyl sites for hydroxylation is 1. The summed E-state index contributed by atoms with van der Waals surface area (Å²) < 4.78 is 10.1. The Bertz CT molecular complexity index is 586. The topological polar surface area (TPSA) is 51.5 Å². The van der Waals surface area contributed by atoms with Crippen LogP contribution in [-0.4, -0.2) is 13.1 Å². The molecule has 1 aromatic heterocycles. The lowest BCUT2D eigenvalue weighted by Crippen LogP contribution is -2.06. The first-order chi connectivity index (χ1) is 10.1. The van der Waals surface area contributed by atoms with E-state index in [1.807, 2.05) is 6.92 Å². The number of hydrogen-bond donors (Lipinski definition) is 1. The van der Waals surface area contributed by atoms with Gasteiger partial charge < -0.3 is 14.5 Å². The van der Waals surface area contributed by atoms with Gasteiger partial charge in [-0.05, 0) is 43.2 Å². The molecule has 4 nitrogen and oxygen atoms in total. The molecule has 0 bridgehead atoms. The van der Waals surface area contributed by atoms with Gasteiger partial charge in [-0.2, -0.15) is 0 Å². The second-order valence-electron chi connectivity index (χ2n) is 5.01. The Morgan fingerprint density at radius 1 is 1.24 bits per heavy atom. The first-order valence-corrected chi connectivity index (χ1v) is 7.17. The van der Waals surface area contributed by atoms with E-state index in [9.17, 15) is 4.79 Å². The summed E-state index contributed by atoms with van der Waals surface area (Å²) in [6, 6.07) is 11.8. The number of hydrogen-bond acceptors (Lipinski definition) is 4. The van der Waals surface area contributed by atoms with Gasteiger partial charge in [-0.25, -0.2) is 4.79 Å². The monoisotopic (exact) mass is 287 g/mol. The Labute approximate surface area is 125 Å². The second kappa shape index (κ2) is 6.97. The molecule has 0 saturated carbocycles. The second-order valence-corrected chi connectivity index (χ2v) is 5.01. The highest BCUT2D eigenvalue weighted by Crippen LogP contribution is 2.22. The van der Waals surface area contributed by atoms with Crippen molar-refractivity contribution >= 4 is 11.7 Å². The summed E-state index contributed by atoms with van der Waals surface area (Å²) in [5.41, 5.74) is 2.36. The van der Waals surface area contributed by atoms with Gasteiger partial charge >= 0.3 is 5.97 Å². The van der Waals surface area contributed by atoms with Gasteiger partial charge in [-0.15, -0.1) is 0 Å². The number of ether oxygens (including phenoxy) is 1. The van der Waals surface area contributed by atoms with E-state index < -0.39 is 5.97 Å². The highest BCUT2D eigenvalue weighted by Gasteiger charge is 2.15. The molecule has 0 saturated heterocycles. The normalized spacial score (nSPS) is 12.0. The highest BCUT2D eigenvalue weighted by atomic mass is 16.5. The van der Waals surface area contributed by atoms with Crippen molar-refractivity contribution in [3.63, 3.8) is 0 Å². The van der Waals surface area contributed by atoms with E-state index in [2.05, 4.69) is 41.2 Å². The van der Waals surface area contributed by atoms with Crippen molar-refractivity contribution in [2.75, 3.05) is 12.4 Å². The van der Waals surface area contributed by atoms with Crippen LogP contribution in [0, 0.1) is 0 Å². The summed E-state index contributed by atoms with van der Waals surface area (Å²) in [4.78, 5) is 11.4. The average Bonchev–Trinajstić information content (AvgIpc) is 2.99. The maximum atomic E-state index is 11.4. The quantitative estimate of drug-likeness (QED) is 0.809. The minimum Gasteiger partial charge on any atom is -0.463 e. The zero-order valence-corrected chi connectivity index (χ0v) is 12.7. The number of anilines is 1. The number of nitrogens with one attached hydrogen (secondary N) is 1. The lowest BCUT2D eigenvalue weighted by atomic mass is 10.1. The lowest BCUT2D eigenvalue weighted by molar-refractivity contribution is 0.0562.